The van der Waals surface area contributed by atoms with Crippen molar-refractivity contribution in [2.45, 2.75) is 77.5 Å². The van der Waals surface area contributed by atoms with Crippen molar-refractivity contribution in [3.8, 4) is 0 Å². The molecule has 0 aliphatic rings. The molecule has 2 unspecified atom stereocenters. The van der Waals surface area contributed by atoms with Crippen LogP contribution in [0.3, 0.4) is 0 Å². The molecule has 3 heteroatoms. The van der Waals surface area contributed by atoms with Gasteiger partial charge in [-0.3, -0.25) is 5.09 Å². The second-order valence-electron chi connectivity index (χ2n) is 4.78. The SMILES string of the molecule is CCCC(N)(CC)NPC(C)(CC)CC. The summed E-state index contributed by atoms with van der Waals surface area (Å²) in [6.07, 6.45) is 5.68. The Labute approximate surface area is 97.6 Å². The van der Waals surface area contributed by atoms with Gasteiger partial charge >= 0.3 is 0 Å². The van der Waals surface area contributed by atoms with Crippen LogP contribution < -0.4 is 10.8 Å². The third-order valence-electron chi connectivity index (χ3n) is 3.50. The van der Waals surface area contributed by atoms with E-state index in [0.29, 0.717) is 5.16 Å². The molecule has 0 bridgehead atoms. The predicted molar refractivity (Wildman–Crippen MR) is 72.6 cm³/mol. The number of nitrogens with two attached hydrogens (primary N) is 1. The van der Waals surface area contributed by atoms with Crippen LogP contribution in [-0.2, 0) is 0 Å². The highest BCUT2D eigenvalue weighted by Gasteiger charge is 2.26. The van der Waals surface area contributed by atoms with Gasteiger partial charge < -0.3 is 5.73 Å². The van der Waals surface area contributed by atoms with Gasteiger partial charge in [0.05, 0.1) is 5.66 Å². The second kappa shape index (κ2) is 6.83. The predicted octanol–water partition coefficient (Wildman–Crippen LogP) is 3.61. The van der Waals surface area contributed by atoms with Crippen LogP contribution in [0.25, 0.3) is 0 Å². The Morgan fingerprint density at radius 1 is 1.07 bits per heavy atom. The van der Waals surface area contributed by atoms with Gasteiger partial charge in [-0.15, -0.1) is 0 Å². The van der Waals surface area contributed by atoms with E-state index in [4.69, 9.17) is 5.73 Å². The van der Waals surface area contributed by atoms with E-state index in [1.54, 1.807) is 0 Å². The second-order valence-corrected chi connectivity index (χ2v) is 6.48. The Morgan fingerprint density at radius 3 is 1.93 bits per heavy atom. The molecular weight excluding hydrogens is 203 g/mol. The van der Waals surface area contributed by atoms with E-state index in [-0.39, 0.29) is 5.66 Å². The zero-order chi connectivity index (χ0) is 11.9. The molecule has 0 aliphatic carbocycles. The van der Waals surface area contributed by atoms with Crippen molar-refractivity contribution in [2.24, 2.45) is 5.73 Å². The maximum atomic E-state index is 6.32. The van der Waals surface area contributed by atoms with Crippen molar-refractivity contribution in [3.63, 3.8) is 0 Å². The third kappa shape index (κ3) is 5.29. The molecule has 2 atom stereocenters. The molecule has 3 N–H and O–H groups in total. The first-order valence-corrected chi connectivity index (χ1v) is 7.28. The van der Waals surface area contributed by atoms with Crippen molar-refractivity contribution in [2.75, 3.05) is 0 Å². The van der Waals surface area contributed by atoms with Crippen LogP contribution in [0, 0.1) is 0 Å². The minimum absolute atomic E-state index is 0.140. The monoisotopic (exact) mass is 232 g/mol. The summed E-state index contributed by atoms with van der Waals surface area (Å²) in [5.74, 6) is 0. The molecule has 0 rings (SSSR count). The maximum absolute atomic E-state index is 6.32. The molecule has 0 saturated carbocycles. The summed E-state index contributed by atoms with van der Waals surface area (Å²) in [5, 5.41) is 4.02. The topological polar surface area (TPSA) is 38.0 Å². The third-order valence-corrected chi connectivity index (χ3v) is 5.43. The Balaban J connectivity index is 4.20. The zero-order valence-corrected chi connectivity index (χ0v) is 12.1. The summed E-state index contributed by atoms with van der Waals surface area (Å²) in [5.41, 5.74) is 6.18. The highest BCUT2D eigenvalue weighted by atomic mass is 31.1. The molecule has 2 nitrogen and oxygen atoms in total. The molecule has 0 aromatic carbocycles. The molecule has 0 fully saturated rings. The normalized spacial score (nSPS) is 17.2. The lowest BCUT2D eigenvalue weighted by molar-refractivity contribution is 0.356. The fourth-order valence-electron chi connectivity index (χ4n) is 1.48. The lowest BCUT2D eigenvalue weighted by Gasteiger charge is -2.35. The van der Waals surface area contributed by atoms with Crippen LogP contribution in [0.2, 0.25) is 0 Å². The van der Waals surface area contributed by atoms with E-state index in [9.17, 15) is 0 Å². The molecule has 0 heterocycles. The molecule has 0 aromatic heterocycles. The highest BCUT2D eigenvalue weighted by Crippen LogP contribution is 2.36. The van der Waals surface area contributed by atoms with Crippen LogP contribution in [-0.4, -0.2) is 10.8 Å². The minimum atomic E-state index is -0.140. The first kappa shape index (κ1) is 15.3. The Kier molecular flexibility index (Phi) is 6.99. The zero-order valence-electron chi connectivity index (χ0n) is 11.1. The quantitative estimate of drug-likeness (QED) is 0.495. The molecule has 15 heavy (non-hydrogen) atoms. The summed E-state index contributed by atoms with van der Waals surface area (Å²) in [4.78, 5) is 0. The van der Waals surface area contributed by atoms with Gasteiger partial charge in [0.15, 0.2) is 0 Å². The van der Waals surface area contributed by atoms with Gasteiger partial charge in [0.25, 0.3) is 0 Å². The van der Waals surface area contributed by atoms with Crippen molar-refractivity contribution in [1.29, 1.82) is 0 Å². The summed E-state index contributed by atoms with van der Waals surface area (Å²) >= 11 is 0. The van der Waals surface area contributed by atoms with Gasteiger partial charge in [-0.2, -0.15) is 0 Å². The molecule has 92 valence electrons. The van der Waals surface area contributed by atoms with E-state index in [0.717, 1.165) is 28.0 Å². The lowest BCUT2D eigenvalue weighted by atomic mass is 10.0. The molecule has 0 saturated heterocycles. The summed E-state index contributed by atoms with van der Waals surface area (Å²) in [7, 11) is 0.769. The maximum Gasteiger partial charge on any atom is 0.0690 e. The largest absolute Gasteiger partial charge is 0.313 e. The van der Waals surface area contributed by atoms with Crippen LogP contribution in [0.4, 0.5) is 0 Å². The fraction of sp³-hybridized carbons (Fsp3) is 1.00. The van der Waals surface area contributed by atoms with Crippen LogP contribution in [0.5, 0.6) is 0 Å². The van der Waals surface area contributed by atoms with Crippen molar-refractivity contribution < 1.29 is 0 Å². The van der Waals surface area contributed by atoms with E-state index in [1.807, 2.05) is 0 Å². The fourth-order valence-corrected chi connectivity index (χ4v) is 2.68. The first-order chi connectivity index (χ1) is 6.95. The van der Waals surface area contributed by atoms with Crippen molar-refractivity contribution >= 4 is 8.73 Å². The van der Waals surface area contributed by atoms with Crippen LogP contribution in [0.1, 0.15) is 66.7 Å². The number of hydrogen-bond donors (Lipinski definition) is 2. The molecule has 0 aliphatic heterocycles. The molecule has 0 amide bonds. The smallest absolute Gasteiger partial charge is 0.0690 e. The van der Waals surface area contributed by atoms with Gasteiger partial charge in [-0.1, -0.05) is 41.0 Å². The van der Waals surface area contributed by atoms with Crippen LogP contribution >= 0.6 is 8.73 Å². The van der Waals surface area contributed by atoms with Gasteiger partial charge in [-0.25, -0.2) is 0 Å². The van der Waals surface area contributed by atoms with Crippen LogP contribution in [0.15, 0.2) is 0 Å². The Bertz CT molecular complexity index is 169. The summed E-state index contributed by atoms with van der Waals surface area (Å²) in [6.45, 7) is 11.2. The molecular formula is C12H29N2P. The van der Waals surface area contributed by atoms with Crippen molar-refractivity contribution in [1.82, 2.24) is 5.09 Å². The van der Waals surface area contributed by atoms with E-state index >= 15 is 0 Å². The molecule has 0 radical (unpaired) electrons. The summed E-state index contributed by atoms with van der Waals surface area (Å²) in [6, 6.07) is 0. The van der Waals surface area contributed by atoms with Crippen molar-refractivity contribution in [3.05, 3.63) is 0 Å². The number of hydrogen-bond acceptors (Lipinski definition) is 2. The van der Waals surface area contributed by atoms with Gasteiger partial charge in [-0.05, 0) is 39.6 Å². The average molecular weight is 232 g/mol. The van der Waals surface area contributed by atoms with Gasteiger partial charge in [0.1, 0.15) is 0 Å². The standard InChI is InChI=1S/C12H29N2P/c1-6-10-12(13,9-4)14-15-11(5,7-2)8-3/h14-15H,6-10,13H2,1-5H3. The average Bonchev–Trinajstić information content (AvgIpc) is 2.26. The minimum Gasteiger partial charge on any atom is -0.313 e. The van der Waals surface area contributed by atoms with E-state index in [2.05, 4.69) is 39.7 Å². The molecule has 0 spiro atoms. The number of nitrogens with one attached hydrogen (secondary N) is 1. The molecule has 0 aromatic rings. The van der Waals surface area contributed by atoms with Gasteiger partial charge in [0, 0.05) is 0 Å². The van der Waals surface area contributed by atoms with E-state index in [1.165, 1.54) is 12.8 Å². The van der Waals surface area contributed by atoms with E-state index < -0.39 is 0 Å². The van der Waals surface area contributed by atoms with Gasteiger partial charge in [0.2, 0.25) is 0 Å². The lowest BCUT2D eigenvalue weighted by Crippen LogP contribution is -2.50. The Hall–Kier alpha value is 0.350. The summed E-state index contributed by atoms with van der Waals surface area (Å²) < 4.78 is 0. The highest BCUT2D eigenvalue weighted by molar-refractivity contribution is 7.37. The Morgan fingerprint density at radius 2 is 1.60 bits per heavy atom. The number of rotatable bonds is 8. The first-order valence-electron chi connectivity index (χ1n) is 6.28.